The van der Waals surface area contributed by atoms with Crippen LogP contribution in [0.5, 0.6) is 5.75 Å². The van der Waals surface area contributed by atoms with E-state index in [9.17, 15) is 4.79 Å². The molecule has 1 aliphatic carbocycles. The zero-order chi connectivity index (χ0) is 26.8. The number of unbranched alkanes of at least 4 members (excludes halogenated alkanes) is 2. The van der Waals surface area contributed by atoms with Crippen LogP contribution in [0.2, 0.25) is 0 Å². The van der Waals surface area contributed by atoms with E-state index in [1.54, 1.807) is 0 Å². The summed E-state index contributed by atoms with van der Waals surface area (Å²) < 4.78 is 6.10. The van der Waals surface area contributed by atoms with Crippen molar-refractivity contribution in [2.75, 3.05) is 39.3 Å². The molecule has 3 rings (SSSR count). The fourth-order valence-electron chi connectivity index (χ4n) is 4.19. The third-order valence-electron chi connectivity index (χ3n) is 6.34. The van der Waals surface area contributed by atoms with Gasteiger partial charge in [-0.15, -0.1) is 0 Å². The van der Waals surface area contributed by atoms with Gasteiger partial charge in [-0.1, -0.05) is 78.3 Å². The number of aryl methyl sites for hydroxylation is 1. The topological polar surface area (TPSA) is 32.8 Å². The Kier molecular flexibility index (Phi) is 12.0. The summed E-state index contributed by atoms with van der Waals surface area (Å²) in [6, 6.07) is 6.50. The van der Waals surface area contributed by atoms with Crippen LogP contribution in [0.4, 0.5) is 0 Å². The Morgan fingerprint density at radius 3 is 2.08 bits per heavy atom. The largest absolute Gasteiger partial charge is 0.493 e. The van der Waals surface area contributed by atoms with Gasteiger partial charge >= 0.3 is 0 Å². The highest BCUT2D eigenvalue weighted by atomic mass is 16.5. The van der Waals surface area contributed by atoms with Gasteiger partial charge < -0.3 is 9.64 Å². The second-order valence-electron chi connectivity index (χ2n) is 13.3. The van der Waals surface area contributed by atoms with Crippen LogP contribution in [0.3, 0.4) is 0 Å². The van der Waals surface area contributed by atoms with Crippen LogP contribution in [0, 0.1) is 18.3 Å². The highest BCUT2D eigenvalue weighted by molar-refractivity contribution is 5.81. The maximum atomic E-state index is 12.1. The molecule has 1 aliphatic heterocycles. The Bertz CT molecular complexity index is 814. The molecule has 1 heterocycles. The lowest BCUT2D eigenvalue weighted by atomic mass is 9.85. The van der Waals surface area contributed by atoms with Gasteiger partial charge in [0.25, 0.3) is 0 Å². The molecule has 0 spiro atoms. The molecule has 0 unspecified atom stereocenters. The maximum absolute atomic E-state index is 12.1. The van der Waals surface area contributed by atoms with E-state index in [0.717, 1.165) is 77.2 Å². The van der Waals surface area contributed by atoms with Crippen LogP contribution in [0.1, 0.15) is 98.1 Å². The summed E-state index contributed by atoms with van der Waals surface area (Å²) in [5.41, 5.74) is 3.18. The van der Waals surface area contributed by atoms with Gasteiger partial charge in [0, 0.05) is 32.1 Å². The van der Waals surface area contributed by atoms with Crippen molar-refractivity contribution in [2.24, 2.45) is 11.3 Å². The van der Waals surface area contributed by atoms with Crippen LogP contribution in [-0.4, -0.2) is 55.0 Å². The van der Waals surface area contributed by atoms with E-state index in [1.807, 2.05) is 0 Å². The summed E-state index contributed by atoms with van der Waals surface area (Å²) >= 11 is 0. The molecule has 1 saturated carbocycles. The van der Waals surface area contributed by atoms with Crippen molar-refractivity contribution in [3.63, 3.8) is 0 Å². The number of carbonyl (C=O) groups excluding carboxylic acids is 1. The lowest BCUT2D eigenvalue weighted by molar-refractivity contribution is -0.134. The Balaban J connectivity index is 0.000000830. The minimum absolute atomic E-state index is 0.0979. The number of benzene rings is 1. The molecule has 36 heavy (non-hydrogen) atoms. The molecule has 1 aromatic carbocycles. The number of allylic oxidation sites excluding steroid dienone is 2. The van der Waals surface area contributed by atoms with Crippen molar-refractivity contribution < 1.29 is 9.53 Å². The second kappa shape index (κ2) is 14.2. The zero-order valence-corrected chi connectivity index (χ0v) is 24.7. The number of hydrogen-bond donors (Lipinski definition) is 0. The predicted octanol–water partition coefficient (Wildman–Crippen LogP) is 7.39. The SMILES string of the molecule is CC(C)(C)C.Cc1ccc(OCCC/C=C\CCCN2CCN(C(=O)C3CC3)CC2)c(C(C)(C)C)c1. The van der Waals surface area contributed by atoms with Crippen LogP contribution in [-0.2, 0) is 10.2 Å². The number of ether oxygens (including phenoxy) is 1. The number of amides is 1. The van der Waals surface area contributed by atoms with Crippen molar-refractivity contribution in [2.45, 2.75) is 99.3 Å². The minimum Gasteiger partial charge on any atom is -0.493 e. The molecule has 204 valence electrons. The smallest absolute Gasteiger partial charge is 0.225 e. The zero-order valence-electron chi connectivity index (χ0n) is 24.7. The van der Waals surface area contributed by atoms with E-state index in [0.29, 0.717) is 17.2 Å². The minimum atomic E-state index is 0.0979. The molecule has 2 aliphatic rings. The molecule has 4 heteroatoms. The van der Waals surface area contributed by atoms with Gasteiger partial charge in [0.1, 0.15) is 5.75 Å². The first-order valence-corrected chi connectivity index (χ1v) is 14.2. The summed E-state index contributed by atoms with van der Waals surface area (Å²) in [4.78, 5) is 16.7. The molecular formula is C32H54N2O2. The molecule has 1 saturated heterocycles. The first-order valence-electron chi connectivity index (χ1n) is 14.2. The van der Waals surface area contributed by atoms with Crippen molar-refractivity contribution in [1.82, 2.24) is 9.80 Å². The molecule has 1 amide bonds. The molecular weight excluding hydrogens is 444 g/mol. The first-order chi connectivity index (χ1) is 16.8. The summed E-state index contributed by atoms with van der Waals surface area (Å²) in [5.74, 6) is 1.80. The van der Waals surface area contributed by atoms with E-state index < -0.39 is 0 Å². The molecule has 1 aromatic rings. The Morgan fingerprint density at radius 1 is 0.944 bits per heavy atom. The van der Waals surface area contributed by atoms with Crippen molar-refractivity contribution in [1.29, 1.82) is 0 Å². The lowest BCUT2D eigenvalue weighted by Gasteiger charge is -2.34. The molecule has 0 radical (unpaired) electrons. The van der Waals surface area contributed by atoms with Gasteiger partial charge in [0.15, 0.2) is 0 Å². The molecule has 2 fully saturated rings. The Hall–Kier alpha value is -1.81. The van der Waals surface area contributed by atoms with Gasteiger partial charge in [-0.25, -0.2) is 0 Å². The molecule has 0 atom stereocenters. The van der Waals surface area contributed by atoms with Crippen molar-refractivity contribution >= 4 is 5.91 Å². The molecule has 4 nitrogen and oxygen atoms in total. The number of piperazine rings is 1. The number of carbonyl (C=O) groups is 1. The average molecular weight is 499 g/mol. The fraction of sp³-hybridized carbons (Fsp3) is 0.719. The molecule has 0 N–H and O–H groups in total. The van der Waals surface area contributed by atoms with Crippen LogP contribution in [0.25, 0.3) is 0 Å². The summed E-state index contributed by atoms with van der Waals surface area (Å²) in [6.45, 7) is 23.4. The highest BCUT2D eigenvalue weighted by Gasteiger charge is 2.34. The summed E-state index contributed by atoms with van der Waals surface area (Å²) in [7, 11) is 0. The van der Waals surface area contributed by atoms with Crippen molar-refractivity contribution in [3.8, 4) is 5.75 Å². The summed E-state index contributed by atoms with van der Waals surface area (Å²) in [6.07, 6.45) is 11.3. The van der Waals surface area contributed by atoms with E-state index in [2.05, 4.69) is 95.5 Å². The lowest BCUT2D eigenvalue weighted by Crippen LogP contribution is -2.49. The second-order valence-corrected chi connectivity index (χ2v) is 13.3. The number of hydrogen-bond acceptors (Lipinski definition) is 3. The van der Waals surface area contributed by atoms with Gasteiger partial charge in [-0.2, -0.15) is 0 Å². The average Bonchev–Trinajstić information content (AvgIpc) is 3.62. The van der Waals surface area contributed by atoms with E-state index in [4.69, 9.17) is 4.74 Å². The third-order valence-corrected chi connectivity index (χ3v) is 6.34. The van der Waals surface area contributed by atoms with E-state index >= 15 is 0 Å². The first kappa shape index (κ1) is 30.4. The summed E-state index contributed by atoms with van der Waals surface area (Å²) in [5, 5.41) is 0. The van der Waals surface area contributed by atoms with Gasteiger partial charge in [-0.3, -0.25) is 9.69 Å². The normalized spacial score (nSPS) is 17.2. The van der Waals surface area contributed by atoms with Gasteiger partial charge in [-0.05, 0) is 74.5 Å². The van der Waals surface area contributed by atoms with Gasteiger partial charge in [0.05, 0.1) is 6.61 Å². The van der Waals surface area contributed by atoms with E-state index in [1.165, 1.54) is 17.5 Å². The Labute approximate surface area is 222 Å². The standard InChI is InChI=1S/C27H42N2O2.C5H12/c1-22-11-14-25(24(21-22)27(2,3)4)31-20-10-8-6-5-7-9-15-28-16-18-29(19-17-28)26(30)23-12-13-23;1-5(2,3)4/h5-6,11,14,21,23H,7-10,12-13,15-20H2,1-4H3;1-4H3/b6-5-;. The highest BCUT2D eigenvalue weighted by Crippen LogP contribution is 2.32. The third kappa shape index (κ3) is 12.4. The number of nitrogens with zero attached hydrogens (tertiary/aromatic N) is 2. The fourth-order valence-corrected chi connectivity index (χ4v) is 4.19. The molecule has 0 aromatic heterocycles. The number of rotatable bonds is 10. The van der Waals surface area contributed by atoms with Crippen molar-refractivity contribution in [3.05, 3.63) is 41.5 Å². The predicted molar refractivity (Wildman–Crippen MR) is 154 cm³/mol. The van der Waals surface area contributed by atoms with Crippen LogP contribution >= 0.6 is 0 Å². The maximum Gasteiger partial charge on any atom is 0.225 e. The monoisotopic (exact) mass is 498 g/mol. The molecule has 0 bridgehead atoms. The van der Waals surface area contributed by atoms with Crippen LogP contribution < -0.4 is 4.74 Å². The quantitative estimate of drug-likeness (QED) is 0.249. The Morgan fingerprint density at radius 2 is 1.53 bits per heavy atom. The van der Waals surface area contributed by atoms with E-state index in [-0.39, 0.29) is 5.41 Å². The van der Waals surface area contributed by atoms with Crippen LogP contribution in [0.15, 0.2) is 30.4 Å². The van der Waals surface area contributed by atoms with Gasteiger partial charge in [0.2, 0.25) is 5.91 Å².